The number of rotatable bonds is 6. The molecule has 2 unspecified atom stereocenters. The molecule has 106 valence electrons. The zero-order valence-electron chi connectivity index (χ0n) is 11.7. The number of amides is 1. The number of likely N-dealkylation sites (tertiary alicyclic amines) is 1. The maximum Gasteiger partial charge on any atom is 0.221 e. The van der Waals surface area contributed by atoms with Crippen molar-refractivity contribution in [2.75, 3.05) is 26.2 Å². The number of likely N-dealkylation sites (N-methyl/N-ethyl adjacent to an activating group) is 1. The van der Waals surface area contributed by atoms with Gasteiger partial charge < -0.3 is 5.73 Å². The van der Waals surface area contributed by atoms with Crippen LogP contribution in [0.3, 0.4) is 0 Å². The van der Waals surface area contributed by atoms with Gasteiger partial charge in [-0.3, -0.25) is 15.0 Å². The topological polar surface area (TPSA) is 82.2 Å². The van der Waals surface area contributed by atoms with Crippen molar-refractivity contribution in [3.05, 3.63) is 0 Å². The molecule has 1 saturated carbocycles. The first-order valence-corrected chi connectivity index (χ1v) is 7.29. The molecule has 0 spiro atoms. The van der Waals surface area contributed by atoms with Crippen molar-refractivity contribution in [1.82, 2.24) is 10.2 Å². The average Bonchev–Trinajstić information content (AvgIpc) is 3.23. The zero-order valence-corrected chi connectivity index (χ0v) is 11.7. The molecular formula is C14H24N4O. The van der Waals surface area contributed by atoms with Gasteiger partial charge in [0.2, 0.25) is 5.91 Å². The fourth-order valence-electron chi connectivity index (χ4n) is 3.17. The SMILES string of the molecule is CCNC(C#N)(CN1CCCC(C(N)=O)C1)C1CC1. The number of nitriles is 1. The lowest BCUT2D eigenvalue weighted by molar-refractivity contribution is -0.123. The fourth-order valence-corrected chi connectivity index (χ4v) is 3.17. The number of nitrogens with zero attached hydrogens (tertiary/aromatic N) is 2. The fraction of sp³-hybridized carbons (Fsp3) is 0.857. The Labute approximate surface area is 115 Å². The van der Waals surface area contributed by atoms with Crippen molar-refractivity contribution in [1.29, 1.82) is 5.26 Å². The van der Waals surface area contributed by atoms with E-state index in [4.69, 9.17) is 5.73 Å². The van der Waals surface area contributed by atoms with Gasteiger partial charge in [0.25, 0.3) is 0 Å². The predicted octanol–water partition coefficient (Wildman–Crippen LogP) is 0.466. The van der Waals surface area contributed by atoms with E-state index in [9.17, 15) is 10.1 Å². The molecule has 2 aliphatic rings. The summed E-state index contributed by atoms with van der Waals surface area (Å²) in [5.41, 5.74) is 4.97. The molecule has 1 amide bonds. The van der Waals surface area contributed by atoms with Gasteiger partial charge in [-0.15, -0.1) is 0 Å². The van der Waals surface area contributed by atoms with Crippen LogP contribution in [0.25, 0.3) is 0 Å². The molecule has 0 aromatic heterocycles. The van der Waals surface area contributed by atoms with Crippen LogP contribution in [0.5, 0.6) is 0 Å². The molecule has 0 aromatic rings. The van der Waals surface area contributed by atoms with Crippen LogP contribution in [0.15, 0.2) is 0 Å². The number of nitrogens with one attached hydrogen (secondary N) is 1. The van der Waals surface area contributed by atoms with Gasteiger partial charge in [-0.2, -0.15) is 5.26 Å². The Kier molecular flexibility index (Phi) is 4.43. The zero-order chi connectivity index (χ0) is 13.9. The van der Waals surface area contributed by atoms with Gasteiger partial charge in [0, 0.05) is 13.1 Å². The highest BCUT2D eigenvalue weighted by Gasteiger charge is 2.46. The second-order valence-electron chi connectivity index (χ2n) is 5.86. The Bertz CT molecular complexity index is 374. The highest BCUT2D eigenvalue weighted by atomic mass is 16.1. The van der Waals surface area contributed by atoms with Gasteiger partial charge in [-0.1, -0.05) is 6.92 Å². The van der Waals surface area contributed by atoms with E-state index in [0.717, 1.165) is 38.8 Å². The lowest BCUT2D eigenvalue weighted by Gasteiger charge is -2.38. The number of hydrogen-bond donors (Lipinski definition) is 2. The van der Waals surface area contributed by atoms with Crippen LogP contribution in [-0.2, 0) is 4.79 Å². The molecular weight excluding hydrogens is 240 g/mol. The summed E-state index contributed by atoms with van der Waals surface area (Å²) in [6, 6.07) is 2.50. The van der Waals surface area contributed by atoms with E-state index in [1.807, 2.05) is 6.92 Å². The van der Waals surface area contributed by atoms with E-state index in [1.54, 1.807) is 0 Å². The summed E-state index contributed by atoms with van der Waals surface area (Å²) in [5.74, 6) is 0.208. The third kappa shape index (κ3) is 3.26. The van der Waals surface area contributed by atoms with Crippen LogP contribution in [-0.4, -0.2) is 42.5 Å². The minimum absolute atomic E-state index is 0.0500. The van der Waals surface area contributed by atoms with Crippen molar-refractivity contribution in [2.24, 2.45) is 17.6 Å². The van der Waals surface area contributed by atoms with Crippen LogP contribution in [0, 0.1) is 23.2 Å². The highest BCUT2D eigenvalue weighted by molar-refractivity contribution is 5.76. The minimum Gasteiger partial charge on any atom is -0.369 e. The molecule has 1 aliphatic heterocycles. The van der Waals surface area contributed by atoms with Gasteiger partial charge >= 0.3 is 0 Å². The van der Waals surface area contributed by atoms with Crippen LogP contribution >= 0.6 is 0 Å². The van der Waals surface area contributed by atoms with E-state index < -0.39 is 5.54 Å². The smallest absolute Gasteiger partial charge is 0.221 e. The highest BCUT2D eigenvalue weighted by Crippen LogP contribution is 2.40. The number of primary amides is 1. The van der Waals surface area contributed by atoms with Crippen molar-refractivity contribution in [3.8, 4) is 6.07 Å². The van der Waals surface area contributed by atoms with Crippen LogP contribution in [0.2, 0.25) is 0 Å². The third-order valence-electron chi connectivity index (χ3n) is 4.35. The lowest BCUT2D eigenvalue weighted by Crippen LogP contribution is -2.56. The summed E-state index contributed by atoms with van der Waals surface area (Å²) in [6.45, 7) is 5.22. The summed E-state index contributed by atoms with van der Waals surface area (Å²) >= 11 is 0. The van der Waals surface area contributed by atoms with E-state index in [-0.39, 0.29) is 11.8 Å². The Morgan fingerprint density at radius 3 is 2.79 bits per heavy atom. The van der Waals surface area contributed by atoms with Gasteiger partial charge in [0.1, 0.15) is 5.54 Å². The molecule has 0 aromatic carbocycles. The standard InChI is InChI=1S/C14H24N4O/c1-2-17-14(9-15,12-5-6-12)10-18-7-3-4-11(8-18)13(16)19/h11-12,17H,2-8,10H2,1H3,(H2,16,19). The van der Waals surface area contributed by atoms with Crippen LogP contribution in [0.4, 0.5) is 0 Å². The molecule has 2 fully saturated rings. The number of piperidine rings is 1. The largest absolute Gasteiger partial charge is 0.369 e. The maximum atomic E-state index is 11.3. The number of hydrogen-bond acceptors (Lipinski definition) is 4. The molecule has 5 heteroatoms. The van der Waals surface area contributed by atoms with E-state index >= 15 is 0 Å². The summed E-state index contributed by atoms with van der Waals surface area (Å²) in [7, 11) is 0. The van der Waals surface area contributed by atoms with Crippen molar-refractivity contribution < 1.29 is 4.79 Å². The summed E-state index contributed by atoms with van der Waals surface area (Å²) in [6.07, 6.45) is 4.14. The average molecular weight is 264 g/mol. The van der Waals surface area contributed by atoms with Crippen molar-refractivity contribution >= 4 is 5.91 Å². The van der Waals surface area contributed by atoms with Gasteiger partial charge in [-0.05, 0) is 44.7 Å². The summed E-state index contributed by atoms with van der Waals surface area (Å²) in [4.78, 5) is 13.6. The number of carbonyl (C=O) groups excluding carboxylic acids is 1. The van der Waals surface area contributed by atoms with E-state index in [0.29, 0.717) is 19.0 Å². The first-order chi connectivity index (χ1) is 9.11. The number of nitrogens with two attached hydrogens (primary N) is 1. The molecule has 19 heavy (non-hydrogen) atoms. The number of carbonyl (C=O) groups is 1. The quantitative estimate of drug-likeness (QED) is 0.730. The predicted molar refractivity (Wildman–Crippen MR) is 73.1 cm³/mol. The normalized spacial score (nSPS) is 27.5. The van der Waals surface area contributed by atoms with Crippen molar-refractivity contribution in [2.45, 2.75) is 38.1 Å². The second kappa shape index (κ2) is 5.89. The Morgan fingerprint density at radius 2 is 2.26 bits per heavy atom. The van der Waals surface area contributed by atoms with Crippen LogP contribution in [0.1, 0.15) is 32.6 Å². The third-order valence-corrected chi connectivity index (χ3v) is 4.35. The Morgan fingerprint density at radius 1 is 1.53 bits per heavy atom. The molecule has 2 rings (SSSR count). The second-order valence-corrected chi connectivity index (χ2v) is 5.86. The summed E-state index contributed by atoms with van der Waals surface area (Å²) in [5, 5.41) is 13.0. The van der Waals surface area contributed by atoms with Crippen LogP contribution < -0.4 is 11.1 Å². The summed E-state index contributed by atoms with van der Waals surface area (Å²) < 4.78 is 0. The molecule has 5 nitrogen and oxygen atoms in total. The van der Waals surface area contributed by atoms with E-state index in [2.05, 4.69) is 16.3 Å². The first kappa shape index (κ1) is 14.3. The Balaban J connectivity index is 2.01. The maximum absolute atomic E-state index is 11.3. The Hall–Kier alpha value is -1.12. The molecule has 0 bridgehead atoms. The van der Waals surface area contributed by atoms with Crippen molar-refractivity contribution in [3.63, 3.8) is 0 Å². The molecule has 1 heterocycles. The molecule has 3 N–H and O–H groups in total. The molecule has 1 saturated heterocycles. The van der Waals surface area contributed by atoms with Gasteiger partial charge in [0.05, 0.1) is 12.0 Å². The molecule has 2 atom stereocenters. The first-order valence-electron chi connectivity index (χ1n) is 7.29. The van der Waals surface area contributed by atoms with Gasteiger partial charge in [-0.25, -0.2) is 0 Å². The monoisotopic (exact) mass is 264 g/mol. The minimum atomic E-state index is -0.436. The lowest BCUT2D eigenvalue weighted by atomic mass is 9.91. The molecule has 1 aliphatic carbocycles. The molecule has 0 radical (unpaired) electrons. The van der Waals surface area contributed by atoms with Gasteiger partial charge in [0.15, 0.2) is 0 Å². The van der Waals surface area contributed by atoms with E-state index in [1.165, 1.54) is 0 Å².